The van der Waals surface area contributed by atoms with Crippen molar-refractivity contribution in [1.82, 2.24) is 4.98 Å². The lowest BCUT2D eigenvalue weighted by molar-refractivity contribution is 0.102. The third-order valence-electron chi connectivity index (χ3n) is 2.93. The first-order valence-electron chi connectivity index (χ1n) is 6.32. The molecule has 0 saturated carbocycles. The number of nitrogens with one attached hydrogen (secondary N) is 1. The fourth-order valence-corrected chi connectivity index (χ4v) is 2.20. The minimum Gasteiger partial charge on any atom is -0.493 e. The summed E-state index contributed by atoms with van der Waals surface area (Å²) >= 11 is 3.39. The minimum absolute atomic E-state index is 0.289. The van der Waals surface area contributed by atoms with Crippen molar-refractivity contribution in [2.24, 2.45) is 0 Å². The van der Waals surface area contributed by atoms with Gasteiger partial charge in [0.1, 0.15) is 0 Å². The molecular weight excluding hydrogens is 352 g/mol. The highest BCUT2D eigenvalue weighted by Gasteiger charge is 2.13. The third-order valence-corrected chi connectivity index (χ3v) is 3.59. The van der Waals surface area contributed by atoms with Gasteiger partial charge in [0.05, 0.1) is 32.6 Å². The highest BCUT2D eigenvalue weighted by molar-refractivity contribution is 9.10. The fraction of sp³-hybridized carbons (Fsp3) is 0.200. The average molecular weight is 367 g/mol. The Labute approximate surface area is 136 Å². The predicted molar refractivity (Wildman–Crippen MR) is 86.0 cm³/mol. The van der Waals surface area contributed by atoms with E-state index in [1.807, 2.05) is 0 Å². The second-order valence-corrected chi connectivity index (χ2v) is 5.08. The lowest BCUT2D eigenvalue weighted by Gasteiger charge is -2.12. The SMILES string of the molecule is COc1ccc(C(=O)Nc2cc(OC)c(OC)cc2Br)cn1. The van der Waals surface area contributed by atoms with Crippen LogP contribution < -0.4 is 19.5 Å². The topological polar surface area (TPSA) is 69.7 Å². The maximum atomic E-state index is 12.2. The smallest absolute Gasteiger partial charge is 0.257 e. The number of hydrogen-bond donors (Lipinski definition) is 1. The quantitative estimate of drug-likeness (QED) is 0.880. The Morgan fingerprint density at radius 1 is 1.09 bits per heavy atom. The highest BCUT2D eigenvalue weighted by atomic mass is 79.9. The number of methoxy groups -OCH3 is 3. The molecule has 2 aromatic rings. The van der Waals surface area contributed by atoms with Crippen LogP contribution in [-0.2, 0) is 0 Å². The number of halogens is 1. The molecule has 1 heterocycles. The Bertz CT molecular complexity index is 674. The highest BCUT2D eigenvalue weighted by Crippen LogP contribution is 2.36. The summed E-state index contributed by atoms with van der Waals surface area (Å²) in [6.07, 6.45) is 1.45. The maximum Gasteiger partial charge on any atom is 0.257 e. The van der Waals surface area contributed by atoms with Crippen molar-refractivity contribution >= 4 is 27.5 Å². The zero-order chi connectivity index (χ0) is 16.1. The summed E-state index contributed by atoms with van der Waals surface area (Å²) in [4.78, 5) is 16.2. The van der Waals surface area contributed by atoms with Crippen LogP contribution in [0.2, 0.25) is 0 Å². The Morgan fingerprint density at radius 2 is 1.77 bits per heavy atom. The van der Waals surface area contributed by atoms with E-state index in [9.17, 15) is 4.79 Å². The summed E-state index contributed by atoms with van der Waals surface area (Å²) in [6.45, 7) is 0. The molecule has 7 heteroatoms. The standard InChI is InChI=1S/C15H15BrN2O4/c1-20-12-6-10(16)11(7-13(12)21-2)18-15(19)9-4-5-14(22-3)17-8-9/h4-8H,1-3H3,(H,18,19). The largest absolute Gasteiger partial charge is 0.493 e. The molecule has 0 aliphatic rings. The van der Waals surface area contributed by atoms with Crippen LogP contribution in [0.1, 0.15) is 10.4 Å². The molecule has 1 amide bonds. The Morgan fingerprint density at radius 3 is 2.32 bits per heavy atom. The van der Waals surface area contributed by atoms with E-state index in [1.165, 1.54) is 20.4 Å². The van der Waals surface area contributed by atoms with Crippen LogP contribution in [0.3, 0.4) is 0 Å². The molecule has 1 aromatic carbocycles. The van der Waals surface area contributed by atoms with Gasteiger partial charge in [-0.2, -0.15) is 0 Å². The number of ether oxygens (including phenoxy) is 3. The maximum absolute atomic E-state index is 12.2. The van der Waals surface area contributed by atoms with Gasteiger partial charge in [-0.05, 0) is 22.0 Å². The van der Waals surface area contributed by atoms with Gasteiger partial charge in [-0.25, -0.2) is 4.98 Å². The van der Waals surface area contributed by atoms with Crippen molar-refractivity contribution in [3.05, 3.63) is 40.5 Å². The van der Waals surface area contributed by atoms with Gasteiger partial charge in [0.2, 0.25) is 5.88 Å². The third kappa shape index (κ3) is 3.48. The van der Waals surface area contributed by atoms with E-state index in [1.54, 1.807) is 31.4 Å². The summed E-state index contributed by atoms with van der Waals surface area (Å²) in [5.41, 5.74) is 0.987. The van der Waals surface area contributed by atoms with E-state index in [-0.39, 0.29) is 5.91 Å². The second-order valence-electron chi connectivity index (χ2n) is 4.23. The van der Waals surface area contributed by atoms with Gasteiger partial charge in [0.15, 0.2) is 11.5 Å². The first-order valence-corrected chi connectivity index (χ1v) is 7.11. The van der Waals surface area contributed by atoms with Crippen LogP contribution in [0.25, 0.3) is 0 Å². The van der Waals surface area contributed by atoms with Gasteiger partial charge in [-0.1, -0.05) is 0 Å². The average Bonchev–Trinajstić information content (AvgIpc) is 2.56. The molecule has 0 bridgehead atoms. The Hall–Kier alpha value is -2.28. The minimum atomic E-state index is -0.289. The van der Waals surface area contributed by atoms with Gasteiger partial charge < -0.3 is 19.5 Å². The molecule has 116 valence electrons. The molecule has 0 fully saturated rings. The van der Waals surface area contributed by atoms with Crippen LogP contribution in [0, 0.1) is 0 Å². The first-order chi connectivity index (χ1) is 10.6. The predicted octanol–water partition coefficient (Wildman–Crippen LogP) is 3.12. The van der Waals surface area contributed by atoms with E-state index in [2.05, 4.69) is 26.2 Å². The summed E-state index contributed by atoms with van der Waals surface area (Å²) in [7, 11) is 4.60. The number of aromatic nitrogens is 1. The molecule has 22 heavy (non-hydrogen) atoms. The summed E-state index contributed by atoms with van der Waals surface area (Å²) in [5, 5.41) is 2.79. The fourth-order valence-electron chi connectivity index (χ4n) is 1.78. The van der Waals surface area contributed by atoms with Crippen molar-refractivity contribution in [3.63, 3.8) is 0 Å². The zero-order valence-electron chi connectivity index (χ0n) is 12.3. The molecule has 0 spiro atoms. The zero-order valence-corrected chi connectivity index (χ0v) is 13.9. The number of benzene rings is 1. The van der Waals surface area contributed by atoms with Gasteiger partial charge in [0.25, 0.3) is 5.91 Å². The van der Waals surface area contributed by atoms with E-state index >= 15 is 0 Å². The number of anilines is 1. The number of hydrogen-bond acceptors (Lipinski definition) is 5. The number of carbonyl (C=O) groups excluding carboxylic acids is 1. The van der Waals surface area contributed by atoms with Crippen LogP contribution in [0.15, 0.2) is 34.9 Å². The van der Waals surface area contributed by atoms with Crippen molar-refractivity contribution in [2.45, 2.75) is 0 Å². The van der Waals surface area contributed by atoms with Gasteiger partial charge in [-0.3, -0.25) is 4.79 Å². The van der Waals surface area contributed by atoms with Crippen molar-refractivity contribution in [1.29, 1.82) is 0 Å². The molecular formula is C15H15BrN2O4. The number of carbonyl (C=O) groups is 1. The van der Waals surface area contributed by atoms with E-state index in [0.29, 0.717) is 33.1 Å². The van der Waals surface area contributed by atoms with E-state index in [4.69, 9.17) is 14.2 Å². The molecule has 1 N–H and O–H groups in total. The number of pyridine rings is 1. The summed E-state index contributed by atoms with van der Waals surface area (Å²) in [5.74, 6) is 1.25. The molecule has 0 saturated heterocycles. The van der Waals surface area contributed by atoms with Crippen LogP contribution in [0.4, 0.5) is 5.69 Å². The number of amides is 1. The van der Waals surface area contributed by atoms with Crippen LogP contribution >= 0.6 is 15.9 Å². The van der Waals surface area contributed by atoms with Crippen molar-refractivity contribution < 1.29 is 19.0 Å². The Balaban J connectivity index is 2.23. The lowest BCUT2D eigenvalue weighted by Crippen LogP contribution is -2.13. The molecule has 0 unspecified atom stereocenters. The van der Waals surface area contributed by atoms with Gasteiger partial charge in [0, 0.05) is 28.9 Å². The monoisotopic (exact) mass is 366 g/mol. The molecule has 0 radical (unpaired) electrons. The van der Waals surface area contributed by atoms with Crippen LogP contribution in [-0.4, -0.2) is 32.2 Å². The summed E-state index contributed by atoms with van der Waals surface area (Å²) in [6, 6.07) is 6.66. The molecule has 1 aromatic heterocycles. The van der Waals surface area contributed by atoms with E-state index < -0.39 is 0 Å². The van der Waals surface area contributed by atoms with Gasteiger partial charge in [-0.15, -0.1) is 0 Å². The molecule has 0 aliphatic heterocycles. The Kier molecular flexibility index (Phi) is 5.21. The van der Waals surface area contributed by atoms with E-state index in [0.717, 1.165) is 0 Å². The second kappa shape index (κ2) is 7.13. The van der Waals surface area contributed by atoms with Gasteiger partial charge >= 0.3 is 0 Å². The molecule has 0 aliphatic carbocycles. The lowest BCUT2D eigenvalue weighted by atomic mass is 10.2. The summed E-state index contributed by atoms with van der Waals surface area (Å²) < 4.78 is 16.1. The molecule has 6 nitrogen and oxygen atoms in total. The normalized spacial score (nSPS) is 10.0. The number of rotatable bonds is 5. The molecule has 2 rings (SSSR count). The molecule has 0 atom stereocenters. The van der Waals surface area contributed by atoms with Crippen molar-refractivity contribution in [2.75, 3.05) is 26.6 Å². The van der Waals surface area contributed by atoms with Crippen molar-refractivity contribution in [3.8, 4) is 17.4 Å². The first kappa shape index (κ1) is 16.1. The van der Waals surface area contributed by atoms with Crippen LogP contribution in [0.5, 0.6) is 17.4 Å². The number of nitrogens with zero attached hydrogens (tertiary/aromatic N) is 1.